The lowest BCUT2D eigenvalue weighted by Crippen LogP contribution is -2.41. The molecule has 4 rings (SSSR count). The molecule has 1 atom stereocenters. The van der Waals surface area contributed by atoms with Crippen molar-refractivity contribution in [1.29, 1.82) is 0 Å². The summed E-state index contributed by atoms with van der Waals surface area (Å²) in [5.74, 6) is 0.615. The number of hydrogen-bond donors (Lipinski definition) is 5. The molecule has 2 amide bonds. The van der Waals surface area contributed by atoms with Crippen molar-refractivity contribution >= 4 is 29.0 Å². The van der Waals surface area contributed by atoms with Gasteiger partial charge >= 0.3 is 17.8 Å². The minimum atomic E-state index is -0.791. The van der Waals surface area contributed by atoms with Gasteiger partial charge in [-0.3, -0.25) is 14.3 Å². The Morgan fingerprint density at radius 2 is 1.78 bits per heavy atom. The monoisotopic (exact) mass is 625 g/mol. The summed E-state index contributed by atoms with van der Waals surface area (Å²) in [6, 6.07) is 7.90. The Labute approximate surface area is 263 Å². The van der Waals surface area contributed by atoms with Crippen LogP contribution in [0.15, 0.2) is 29.1 Å². The first-order chi connectivity index (χ1) is 21.7. The smallest absolute Gasteiger partial charge is 0.404 e. The second kappa shape index (κ2) is 16.8. The number of amides is 2. The zero-order chi connectivity index (χ0) is 32.2. The maximum atomic E-state index is 12.7. The van der Waals surface area contributed by atoms with Crippen molar-refractivity contribution in [3.8, 4) is 6.01 Å². The molecule has 45 heavy (non-hydrogen) atoms. The summed E-state index contributed by atoms with van der Waals surface area (Å²) in [4.78, 5) is 49.4. The summed E-state index contributed by atoms with van der Waals surface area (Å²) in [5, 5.41) is 2.96. The number of aromatic nitrogens is 4. The summed E-state index contributed by atoms with van der Waals surface area (Å²) in [6.07, 6.45) is 6.02. The fourth-order valence-corrected chi connectivity index (χ4v) is 5.47. The van der Waals surface area contributed by atoms with E-state index in [4.69, 9.17) is 21.9 Å². The number of H-pyrrole nitrogens is 1. The minimum absolute atomic E-state index is 0.139. The van der Waals surface area contributed by atoms with Gasteiger partial charge in [-0.15, -0.1) is 0 Å². The van der Waals surface area contributed by atoms with Gasteiger partial charge in [0.15, 0.2) is 11.5 Å². The SMILES string of the molecule is CCCCOc1nc(N)c2[nH]c(=O)n(Cc3ccc(CN4CCC(CCNC(=O)[C@@H](N)CCCCOC(N)=O)CC4)cc3)c2n1. The Kier molecular flexibility index (Phi) is 12.6. The van der Waals surface area contributed by atoms with Crippen LogP contribution in [0.2, 0.25) is 0 Å². The Hall–Kier alpha value is -4.17. The Morgan fingerprint density at radius 3 is 2.47 bits per heavy atom. The molecular formula is C31H47N9O5. The van der Waals surface area contributed by atoms with Gasteiger partial charge in [-0.2, -0.15) is 9.97 Å². The van der Waals surface area contributed by atoms with Gasteiger partial charge < -0.3 is 37.0 Å². The predicted octanol–water partition coefficient (Wildman–Crippen LogP) is 2.24. The van der Waals surface area contributed by atoms with Crippen LogP contribution in [0.25, 0.3) is 11.2 Å². The summed E-state index contributed by atoms with van der Waals surface area (Å²) in [6.45, 7) is 6.64. The van der Waals surface area contributed by atoms with Gasteiger partial charge in [0.05, 0.1) is 25.8 Å². The Bertz CT molecular complexity index is 1450. The number of hydrogen-bond acceptors (Lipinski definition) is 10. The molecule has 0 saturated carbocycles. The van der Waals surface area contributed by atoms with Gasteiger partial charge in [0.2, 0.25) is 5.91 Å². The molecule has 0 aliphatic carbocycles. The van der Waals surface area contributed by atoms with E-state index in [9.17, 15) is 14.4 Å². The number of piperidine rings is 1. The van der Waals surface area contributed by atoms with Crippen molar-refractivity contribution < 1.29 is 19.1 Å². The molecule has 246 valence electrons. The average Bonchev–Trinajstić information content (AvgIpc) is 3.33. The number of ether oxygens (including phenoxy) is 2. The summed E-state index contributed by atoms with van der Waals surface area (Å²) >= 11 is 0. The van der Waals surface area contributed by atoms with Crippen LogP contribution in [0, 0.1) is 5.92 Å². The van der Waals surface area contributed by atoms with E-state index in [1.54, 1.807) is 4.57 Å². The summed E-state index contributed by atoms with van der Waals surface area (Å²) in [7, 11) is 0. The van der Waals surface area contributed by atoms with E-state index in [1.165, 1.54) is 5.56 Å². The highest BCUT2D eigenvalue weighted by Gasteiger charge is 2.20. The van der Waals surface area contributed by atoms with Crippen LogP contribution in [0.4, 0.5) is 10.6 Å². The predicted molar refractivity (Wildman–Crippen MR) is 171 cm³/mol. The largest absolute Gasteiger partial charge is 0.463 e. The number of benzene rings is 1. The number of fused-ring (bicyclic) bond motifs is 1. The molecular weight excluding hydrogens is 578 g/mol. The van der Waals surface area contributed by atoms with E-state index < -0.39 is 12.1 Å². The number of unbranched alkanes of at least 4 members (excludes halogenated alkanes) is 2. The lowest BCUT2D eigenvalue weighted by Gasteiger charge is -2.32. The van der Waals surface area contributed by atoms with E-state index in [2.05, 4.69) is 49.0 Å². The van der Waals surface area contributed by atoms with Crippen LogP contribution in [0.3, 0.4) is 0 Å². The summed E-state index contributed by atoms with van der Waals surface area (Å²) in [5.41, 5.74) is 19.7. The fourth-order valence-electron chi connectivity index (χ4n) is 5.47. The van der Waals surface area contributed by atoms with Gasteiger partial charge in [-0.25, -0.2) is 9.59 Å². The Morgan fingerprint density at radius 1 is 1.07 bits per heavy atom. The number of nitrogens with one attached hydrogen (secondary N) is 2. The van der Waals surface area contributed by atoms with Crippen molar-refractivity contribution in [3.63, 3.8) is 0 Å². The minimum Gasteiger partial charge on any atom is -0.463 e. The van der Waals surface area contributed by atoms with E-state index >= 15 is 0 Å². The third-order valence-electron chi connectivity index (χ3n) is 8.18. The molecule has 0 radical (unpaired) electrons. The highest BCUT2D eigenvalue weighted by molar-refractivity contribution is 5.82. The molecule has 1 aromatic carbocycles. The zero-order valence-corrected chi connectivity index (χ0v) is 26.1. The van der Waals surface area contributed by atoms with Crippen LogP contribution in [-0.4, -0.2) is 75.3 Å². The third kappa shape index (κ3) is 10.2. The second-order valence-electron chi connectivity index (χ2n) is 11.7. The van der Waals surface area contributed by atoms with Crippen LogP contribution in [-0.2, 0) is 22.6 Å². The topological polar surface area (TPSA) is 210 Å². The van der Waals surface area contributed by atoms with Crippen LogP contribution >= 0.6 is 0 Å². The fraction of sp³-hybridized carbons (Fsp3) is 0.581. The first-order valence-corrected chi connectivity index (χ1v) is 15.9. The van der Waals surface area contributed by atoms with Crippen LogP contribution in [0.5, 0.6) is 6.01 Å². The van der Waals surface area contributed by atoms with Gasteiger partial charge in [0.25, 0.3) is 0 Å². The molecule has 0 spiro atoms. The van der Waals surface area contributed by atoms with Crippen LogP contribution < -0.4 is 32.9 Å². The molecule has 1 aliphatic rings. The molecule has 3 aromatic rings. The van der Waals surface area contributed by atoms with E-state index in [-0.39, 0.29) is 30.0 Å². The molecule has 1 fully saturated rings. The maximum Gasteiger partial charge on any atom is 0.404 e. The number of rotatable bonds is 17. The standard InChI is InChI=1S/C31H47N9O5/c1-2-3-17-45-30-37-26(33)25-27(38-30)40(31(43)36-25)20-23-9-7-22(8-10-23)19-39-15-12-21(13-16-39)11-14-35-28(41)24(32)6-4-5-18-44-29(34)42/h7-10,21,24H,2-6,11-20,32H2,1H3,(H2,34,42)(H,35,41)(H,36,43)(H2,33,37,38)/t24-/m0/s1. The number of aromatic amines is 1. The second-order valence-corrected chi connectivity index (χ2v) is 11.7. The van der Waals surface area contributed by atoms with Crippen LogP contribution in [0.1, 0.15) is 69.4 Å². The van der Waals surface area contributed by atoms with Crippen molar-refractivity contribution in [2.75, 3.05) is 38.6 Å². The molecule has 0 unspecified atom stereocenters. The molecule has 14 heteroatoms. The number of nitrogens with zero attached hydrogens (tertiary/aromatic N) is 4. The highest BCUT2D eigenvalue weighted by atomic mass is 16.5. The number of likely N-dealkylation sites (tertiary alicyclic amines) is 1. The summed E-state index contributed by atoms with van der Waals surface area (Å²) < 4.78 is 11.9. The van der Waals surface area contributed by atoms with E-state index in [1.807, 2.05) is 12.1 Å². The molecule has 3 heterocycles. The molecule has 1 aliphatic heterocycles. The number of primary amides is 1. The van der Waals surface area contributed by atoms with Gasteiger partial charge in [-0.1, -0.05) is 37.6 Å². The first kappa shape index (κ1) is 33.7. The number of carbonyl (C=O) groups excluding carboxylic acids is 2. The lowest BCUT2D eigenvalue weighted by molar-refractivity contribution is -0.122. The highest BCUT2D eigenvalue weighted by Crippen LogP contribution is 2.22. The van der Waals surface area contributed by atoms with Gasteiger partial charge in [-0.05, 0) is 75.1 Å². The third-order valence-corrected chi connectivity index (χ3v) is 8.18. The number of imidazole rings is 1. The molecule has 1 saturated heterocycles. The quantitative estimate of drug-likeness (QED) is 0.138. The van der Waals surface area contributed by atoms with Crippen molar-refractivity contribution in [2.24, 2.45) is 17.4 Å². The van der Waals surface area contributed by atoms with Gasteiger partial charge in [0, 0.05) is 13.1 Å². The zero-order valence-electron chi connectivity index (χ0n) is 26.1. The van der Waals surface area contributed by atoms with E-state index in [0.717, 1.165) is 57.3 Å². The average molecular weight is 626 g/mol. The maximum absolute atomic E-state index is 12.7. The van der Waals surface area contributed by atoms with Crippen molar-refractivity contribution in [2.45, 2.75) is 77.4 Å². The number of nitrogens with two attached hydrogens (primary N) is 3. The lowest BCUT2D eigenvalue weighted by atomic mass is 9.93. The van der Waals surface area contributed by atoms with E-state index in [0.29, 0.717) is 56.0 Å². The molecule has 14 nitrogen and oxygen atoms in total. The normalized spacial score (nSPS) is 14.8. The van der Waals surface area contributed by atoms with Crippen molar-refractivity contribution in [1.82, 2.24) is 29.7 Å². The Balaban J connectivity index is 1.18. The van der Waals surface area contributed by atoms with Crippen molar-refractivity contribution in [3.05, 3.63) is 45.9 Å². The first-order valence-electron chi connectivity index (χ1n) is 15.9. The molecule has 2 aromatic heterocycles. The number of carbonyl (C=O) groups is 2. The van der Waals surface area contributed by atoms with Gasteiger partial charge in [0.1, 0.15) is 5.52 Å². The number of anilines is 1. The molecule has 8 N–H and O–H groups in total. The number of nitrogen functional groups attached to an aromatic ring is 1. The molecule has 0 bridgehead atoms.